The maximum atomic E-state index is 3.50. The van der Waals surface area contributed by atoms with Gasteiger partial charge in [-0.25, -0.2) is 0 Å². The molecule has 0 radical (unpaired) electrons. The highest BCUT2D eigenvalue weighted by molar-refractivity contribution is 7.99. The van der Waals surface area contributed by atoms with E-state index >= 15 is 0 Å². The zero-order chi connectivity index (χ0) is 13.4. The molecule has 0 aliphatic carbocycles. The SMILES string of the molecule is c1ccc(-c2ccc3c(c2)Sc2ccccc2N3)cc1. The van der Waals surface area contributed by atoms with Crippen molar-refractivity contribution < 1.29 is 0 Å². The standard InChI is InChI=1S/C18H13NS/c1-2-6-13(7-3-1)14-10-11-16-18(12-14)20-17-9-5-4-8-15(17)19-16/h1-12,19H. The fourth-order valence-electron chi connectivity index (χ4n) is 2.44. The summed E-state index contributed by atoms with van der Waals surface area (Å²) in [6, 6.07) is 25.5. The molecule has 0 bridgehead atoms. The first-order valence-corrected chi connectivity index (χ1v) is 7.45. The molecular weight excluding hydrogens is 262 g/mol. The van der Waals surface area contributed by atoms with Crippen LogP contribution in [0.2, 0.25) is 0 Å². The van der Waals surface area contributed by atoms with Crippen LogP contribution in [-0.2, 0) is 0 Å². The molecule has 1 N–H and O–H groups in total. The summed E-state index contributed by atoms with van der Waals surface area (Å²) in [6.07, 6.45) is 0. The molecule has 0 saturated heterocycles. The van der Waals surface area contributed by atoms with Gasteiger partial charge in [-0.05, 0) is 35.4 Å². The highest BCUT2D eigenvalue weighted by Gasteiger charge is 2.15. The predicted molar refractivity (Wildman–Crippen MR) is 85.7 cm³/mol. The van der Waals surface area contributed by atoms with Crippen molar-refractivity contribution in [3.63, 3.8) is 0 Å². The van der Waals surface area contributed by atoms with Gasteiger partial charge in [0.15, 0.2) is 0 Å². The summed E-state index contributed by atoms with van der Waals surface area (Å²) in [4.78, 5) is 2.57. The maximum Gasteiger partial charge on any atom is 0.0526 e. The van der Waals surface area contributed by atoms with E-state index in [-0.39, 0.29) is 0 Å². The molecule has 1 aliphatic rings. The van der Waals surface area contributed by atoms with E-state index in [1.807, 2.05) is 11.8 Å². The summed E-state index contributed by atoms with van der Waals surface area (Å²) < 4.78 is 0. The van der Waals surface area contributed by atoms with Gasteiger partial charge in [0, 0.05) is 9.79 Å². The summed E-state index contributed by atoms with van der Waals surface area (Å²) in [5.41, 5.74) is 4.90. The second kappa shape index (κ2) is 4.73. The van der Waals surface area contributed by atoms with Gasteiger partial charge in [-0.3, -0.25) is 0 Å². The van der Waals surface area contributed by atoms with Gasteiger partial charge in [0.05, 0.1) is 11.4 Å². The second-order valence-corrected chi connectivity index (χ2v) is 5.88. The molecule has 0 amide bonds. The number of para-hydroxylation sites is 1. The number of nitrogens with one attached hydrogen (secondary N) is 1. The molecule has 0 atom stereocenters. The lowest BCUT2D eigenvalue weighted by Crippen LogP contribution is -1.99. The number of rotatable bonds is 1. The molecule has 3 aromatic carbocycles. The third kappa shape index (κ3) is 1.98. The lowest BCUT2D eigenvalue weighted by molar-refractivity contribution is 1.31. The quantitative estimate of drug-likeness (QED) is 0.488. The van der Waals surface area contributed by atoms with Crippen molar-refractivity contribution in [3.05, 3.63) is 72.8 Å². The van der Waals surface area contributed by atoms with Crippen LogP contribution in [0.1, 0.15) is 0 Å². The zero-order valence-electron chi connectivity index (χ0n) is 10.8. The lowest BCUT2D eigenvalue weighted by atomic mass is 10.1. The van der Waals surface area contributed by atoms with Crippen LogP contribution < -0.4 is 5.32 Å². The summed E-state index contributed by atoms with van der Waals surface area (Å²) in [5, 5.41) is 3.50. The van der Waals surface area contributed by atoms with Crippen LogP contribution in [-0.4, -0.2) is 0 Å². The first-order valence-electron chi connectivity index (χ1n) is 6.63. The first-order chi connectivity index (χ1) is 9.90. The van der Waals surface area contributed by atoms with Crippen molar-refractivity contribution in [1.29, 1.82) is 0 Å². The van der Waals surface area contributed by atoms with Crippen LogP contribution in [0.3, 0.4) is 0 Å². The predicted octanol–water partition coefficient (Wildman–Crippen LogP) is 5.56. The van der Waals surface area contributed by atoms with Crippen molar-refractivity contribution in [2.24, 2.45) is 0 Å². The van der Waals surface area contributed by atoms with Gasteiger partial charge in [0.25, 0.3) is 0 Å². The molecule has 1 heterocycles. The van der Waals surface area contributed by atoms with Crippen LogP contribution in [0.4, 0.5) is 11.4 Å². The Hall–Kier alpha value is -2.19. The third-order valence-corrected chi connectivity index (χ3v) is 4.60. The van der Waals surface area contributed by atoms with Crippen LogP contribution >= 0.6 is 11.8 Å². The zero-order valence-corrected chi connectivity index (χ0v) is 11.7. The number of benzene rings is 3. The molecular formula is C18H13NS. The van der Waals surface area contributed by atoms with Crippen LogP contribution in [0.15, 0.2) is 82.6 Å². The topological polar surface area (TPSA) is 12.0 Å². The Morgan fingerprint density at radius 3 is 2.25 bits per heavy atom. The van der Waals surface area contributed by atoms with Crippen LogP contribution in [0.25, 0.3) is 11.1 Å². The number of hydrogen-bond donors (Lipinski definition) is 1. The number of hydrogen-bond acceptors (Lipinski definition) is 2. The molecule has 20 heavy (non-hydrogen) atoms. The van der Waals surface area contributed by atoms with Crippen LogP contribution in [0.5, 0.6) is 0 Å². The summed E-state index contributed by atoms with van der Waals surface area (Å²) >= 11 is 1.83. The smallest absolute Gasteiger partial charge is 0.0526 e. The van der Waals surface area contributed by atoms with Crippen molar-refractivity contribution >= 4 is 23.1 Å². The Morgan fingerprint density at radius 2 is 1.35 bits per heavy atom. The number of anilines is 2. The molecule has 96 valence electrons. The van der Waals surface area contributed by atoms with Gasteiger partial charge < -0.3 is 5.32 Å². The highest BCUT2D eigenvalue weighted by atomic mass is 32.2. The Kier molecular flexibility index (Phi) is 2.75. The molecule has 0 spiro atoms. The Balaban J connectivity index is 1.77. The Bertz CT molecular complexity index is 765. The van der Waals surface area contributed by atoms with E-state index in [1.165, 1.54) is 32.3 Å². The van der Waals surface area contributed by atoms with Gasteiger partial charge >= 0.3 is 0 Å². The van der Waals surface area contributed by atoms with Crippen molar-refractivity contribution in [2.45, 2.75) is 9.79 Å². The molecule has 0 fully saturated rings. The van der Waals surface area contributed by atoms with Crippen LogP contribution in [0, 0.1) is 0 Å². The number of fused-ring (bicyclic) bond motifs is 2. The largest absolute Gasteiger partial charge is 0.354 e. The van der Waals surface area contributed by atoms with Gasteiger partial charge in [0.2, 0.25) is 0 Å². The summed E-state index contributed by atoms with van der Waals surface area (Å²) in [5.74, 6) is 0. The van der Waals surface area contributed by atoms with E-state index in [9.17, 15) is 0 Å². The fourth-order valence-corrected chi connectivity index (χ4v) is 3.47. The van der Waals surface area contributed by atoms with Gasteiger partial charge in [-0.1, -0.05) is 60.3 Å². The van der Waals surface area contributed by atoms with E-state index in [0.717, 1.165) is 0 Å². The minimum absolute atomic E-state index is 1.19. The van der Waals surface area contributed by atoms with Crippen molar-refractivity contribution in [1.82, 2.24) is 0 Å². The maximum absolute atomic E-state index is 3.50. The molecule has 2 heteroatoms. The molecule has 3 aromatic rings. The van der Waals surface area contributed by atoms with Gasteiger partial charge in [-0.2, -0.15) is 0 Å². The summed E-state index contributed by atoms with van der Waals surface area (Å²) in [6.45, 7) is 0. The molecule has 4 rings (SSSR count). The second-order valence-electron chi connectivity index (χ2n) is 4.80. The van der Waals surface area contributed by atoms with Crippen molar-refractivity contribution in [2.75, 3.05) is 5.32 Å². The third-order valence-electron chi connectivity index (χ3n) is 3.47. The van der Waals surface area contributed by atoms with E-state index in [2.05, 4.69) is 78.1 Å². The van der Waals surface area contributed by atoms with E-state index < -0.39 is 0 Å². The normalized spacial score (nSPS) is 12.2. The lowest BCUT2D eigenvalue weighted by Gasteiger charge is -2.21. The van der Waals surface area contributed by atoms with E-state index in [4.69, 9.17) is 0 Å². The fraction of sp³-hybridized carbons (Fsp3) is 0. The molecule has 0 unspecified atom stereocenters. The average Bonchev–Trinajstić information content (AvgIpc) is 2.53. The minimum atomic E-state index is 1.19. The van der Waals surface area contributed by atoms with Gasteiger partial charge in [-0.15, -0.1) is 0 Å². The molecule has 1 aliphatic heterocycles. The Labute approximate surface area is 122 Å². The highest BCUT2D eigenvalue weighted by Crippen LogP contribution is 2.45. The molecule has 0 aromatic heterocycles. The van der Waals surface area contributed by atoms with Gasteiger partial charge in [0.1, 0.15) is 0 Å². The molecule has 1 nitrogen and oxygen atoms in total. The van der Waals surface area contributed by atoms with Crippen molar-refractivity contribution in [3.8, 4) is 11.1 Å². The minimum Gasteiger partial charge on any atom is -0.354 e. The summed E-state index contributed by atoms with van der Waals surface area (Å²) in [7, 11) is 0. The van der Waals surface area contributed by atoms with E-state index in [1.54, 1.807) is 0 Å². The monoisotopic (exact) mass is 275 g/mol. The molecule has 0 saturated carbocycles. The first kappa shape index (κ1) is 11.6. The Morgan fingerprint density at radius 1 is 0.600 bits per heavy atom. The van der Waals surface area contributed by atoms with E-state index in [0.29, 0.717) is 0 Å². The average molecular weight is 275 g/mol.